The zero-order chi connectivity index (χ0) is 12.1. The highest BCUT2D eigenvalue weighted by molar-refractivity contribution is 5.15. The molecule has 1 aromatic rings. The third kappa shape index (κ3) is 3.99. The monoisotopic (exact) mass is 230 g/mol. The van der Waals surface area contributed by atoms with E-state index in [2.05, 4.69) is 47.1 Å². The maximum absolute atomic E-state index is 4.13. The van der Waals surface area contributed by atoms with Crippen LogP contribution in [-0.2, 0) is 6.54 Å². The molecule has 0 saturated heterocycles. The van der Waals surface area contributed by atoms with Crippen LogP contribution in [0.1, 0.15) is 18.4 Å². The lowest BCUT2D eigenvalue weighted by molar-refractivity contribution is 0.276. The van der Waals surface area contributed by atoms with Crippen LogP contribution in [0.4, 0.5) is 0 Å². The predicted molar refractivity (Wildman–Crippen MR) is 72.9 cm³/mol. The van der Waals surface area contributed by atoms with E-state index in [1.54, 1.807) is 0 Å². The molecule has 1 aromatic carbocycles. The van der Waals surface area contributed by atoms with E-state index < -0.39 is 0 Å². The van der Waals surface area contributed by atoms with E-state index in [9.17, 15) is 0 Å². The van der Waals surface area contributed by atoms with Crippen molar-refractivity contribution in [1.29, 1.82) is 0 Å². The molecule has 2 heteroatoms. The zero-order valence-corrected chi connectivity index (χ0v) is 10.7. The van der Waals surface area contributed by atoms with Crippen molar-refractivity contribution in [3.05, 3.63) is 48.0 Å². The van der Waals surface area contributed by atoms with Gasteiger partial charge >= 0.3 is 0 Å². The first-order chi connectivity index (χ1) is 8.29. The van der Waals surface area contributed by atoms with Gasteiger partial charge in [0.05, 0.1) is 0 Å². The van der Waals surface area contributed by atoms with Gasteiger partial charge in [-0.25, -0.2) is 0 Å². The highest BCUT2D eigenvalue weighted by atomic mass is 15.2. The summed E-state index contributed by atoms with van der Waals surface area (Å²) in [5, 5.41) is 3.17. The quantitative estimate of drug-likeness (QED) is 0.724. The van der Waals surface area contributed by atoms with Crippen molar-refractivity contribution in [3.8, 4) is 0 Å². The lowest BCUT2D eigenvalue weighted by Gasteiger charge is -2.23. The molecule has 0 unspecified atom stereocenters. The van der Waals surface area contributed by atoms with Gasteiger partial charge in [-0.05, 0) is 31.0 Å². The molecule has 0 heterocycles. The molecule has 0 aromatic heterocycles. The van der Waals surface area contributed by atoms with Gasteiger partial charge in [-0.15, -0.1) is 0 Å². The van der Waals surface area contributed by atoms with Gasteiger partial charge in [0.15, 0.2) is 0 Å². The van der Waals surface area contributed by atoms with E-state index in [1.165, 1.54) is 24.0 Å². The van der Waals surface area contributed by atoms with Gasteiger partial charge in [0, 0.05) is 25.7 Å². The molecule has 2 nitrogen and oxygen atoms in total. The molecule has 92 valence electrons. The predicted octanol–water partition coefficient (Wildman–Crippen LogP) is 2.43. The molecule has 0 bridgehead atoms. The summed E-state index contributed by atoms with van der Waals surface area (Å²) in [6, 6.07) is 11.5. The maximum Gasteiger partial charge on any atom is 0.0240 e. The molecular formula is C15H22N2. The van der Waals surface area contributed by atoms with Crippen LogP contribution >= 0.6 is 0 Å². The molecule has 1 saturated carbocycles. The number of rotatable bonds is 7. The zero-order valence-electron chi connectivity index (χ0n) is 10.7. The molecule has 1 N–H and O–H groups in total. The highest BCUT2D eigenvalue weighted by Crippen LogP contribution is 2.28. The standard InChI is InChI=1S/C15H22N2/c1-13(10-16-2)11-17(15-8-9-15)12-14-6-4-3-5-7-14/h3-7,15-16H,1,8-12H2,2H3. The molecular weight excluding hydrogens is 208 g/mol. The number of nitrogens with zero attached hydrogens (tertiary/aromatic N) is 1. The van der Waals surface area contributed by atoms with Crippen molar-refractivity contribution in [2.45, 2.75) is 25.4 Å². The van der Waals surface area contributed by atoms with Gasteiger partial charge in [-0.1, -0.05) is 36.9 Å². The fourth-order valence-electron chi connectivity index (χ4n) is 2.16. The Morgan fingerprint density at radius 2 is 2.06 bits per heavy atom. The van der Waals surface area contributed by atoms with Gasteiger partial charge in [0.1, 0.15) is 0 Å². The molecule has 17 heavy (non-hydrogen) atoms. The minimum Gasteiger partial charge on any atom is -0.316 e. The highest BCUT2D eigenvalue weighted by Gasteiger charge is 2.28. The molecule has 0 atom stereocenters. The number of hydrogen-bond donors (Lipinski definition) is 1. The average molecular weight is 230 g/mol. The van der Waals surface area contributed by atoms with Gasteiger partial charge in [-0.3, -0.25) is 4.90 Å². The summed E-state index contributed by atoms with van der Waals surface area (Å²) >= 11 is 0. The maximum atomic E-state index is 4.13. The van der Waals surface area contributed by atoms with E-state index in [4.69, 9.17) is 0 Å². The van der Waals surface area contributed by atoms with Crippen LogP contribution in [0.5, 0.6) is 0 Å². The molecule has 0 aliphatic heterocycles. The first-order valence-electron chi connectivity index (χ1n) is 6.39. The van der Waals surface area contributed by atoms with Crippen molar-refractivity contribution >= 4 is 0 Å². The summed E-state index contributed by atoms with van der Waals surface area (Å²) in [6.07, 6.45) is 2.69. The average Bonchev–Trinajstić information content (AvgIpc) is 3.14. The summed E-state index contributed by atoms with van der Waals surface area (Å²) in [4.78, 5) is 2.55. The van der Waals surface area contributed by atoms with Crippen LogP contribution in [0.3, 0.4) is 0 Å². The number of benzene rings is 1. The first-order valence-corrected chi connectivity index (χ1v) is 6.39. The number of hydrogen-bond acceptors (Lipinski definition) is 2. The van der Waals surface area contributed by atoms with E-state index in [1.807, 2.05) is 7.05 Å². The Bertz CT molecular complexity index is 354. The summed E-state index contributed by atoms with van der Waals surface area (Å²) in [5.41, 5.74) is 2.67. The second kappa shape index (κ2) is 5.99. The summed E-state index contributed by atoms with van der Waals surface area (Å²) in [5.74, 6) is 0. The summed E-state index contributed by atoms with van der Waals surface area (Å²) in [6.45, 7) is 7.11. The van der Waals surface area contributed by atoms with E-state index in [0.29, 0.717) is 0 Å². The summed E-state index contributed by atoms with van der Waals surface area (Å²) in [7, 11) is 1.98. The van der Waals surface area contributed by atoms with Crippen molar-refractivity contribution in [3.63, 3.8) is 0 Å². The third-order valence-electron chi connectivity index (χ3n) is 3.15. The van der Waals surface area contributed by atoms with Crippen LogP contribution in [0.2, 0.25) is 0 Å². The van der Waals surface area contributed by atoms with Gasteiger partial charge < -0.3 is 5.32 Å². The van der Waals surface area contributed by atoms with Gasteiger partial charge in [0.2, 0.25) is 0 Å². The van der Waals surface area contributed by atoms with Crippen molar-refractivity contribution in [2.24, 2.45) is 0 Å². The largest absolute Gasteiger partial charge is 0.316 e. The van der Waals surface area contributed by atoms with E-state index >= 15 is 0 Å². The van der Waals surface area contributed by atoms with Gasteiger partial charge in [0.25, 0.3) is 0 Å². The normalized spacial score (nSPS) is 15.2. The molecule has 2 rings (SSSR count). The van der Waals surface area contributed by atoms with Crippen molar-refractivity contribution < 1.29 is 0 Å². The molecule has 1 fully saturated rings. The Balaban J connectivity index is 1.91. The van der Waals surface area contributed by atoms with Crippen LogP contribution in [0, 0.1) is 0 Å². The van der Waals surface area contributed by atoms with Crippen molar-refractivity contribution in [1.82, 2.24) is 10.2 Å². The van der Waals surface area contributed by atoms with E-state index in [-0.39, 0.29) is 0 Å². The lowest BCUT2D eigenvalue weighted by Crippen LogP contribution is -2.30. The second-order valence-electron chi connectivity index (χ2n) is 4.90. The van der Waals surface area contributed by atoms with Crippen LogP contribution in [0.25, 0.3) is 0 Å². The molecule has 0 spiro atoms. The minimum absolute atomic E-state index is 0.781. The fourth-order valence-corrected chi connectivity index (χ4v) is 2.16. The molecule has 0 amide bonds. The lowest BCUT2D eigenvalue weighted by atomic mass is 10.2. The Hall–Kier alpha value is -1.12. The Morgan fingerprint density at radius 3 is 2.65 bits per heavy atom. The third-order valence-corrected chi connectivity index (χ3v) is 3.15. The van der Waals surface area contributed by atoms with Crippen molar-refractivity contribution in [2.75, 3.05) is 20.1 Å². The Labute approximate surface area is 104 Å². The Kier molecular flexibility index (Phi) is 4.35. The molecule has 1 aliphatic rings. The second-order valence-corrected chi connectivity index (χ2v) is 4.90. The van der Waals surface area contributed by atoms with Crippen LogP contribution < -0.4 is 5.32 Å². The number of nitrogens with one attached hydrogen (secondary N) is 1. The molecule has 0 radical (unpaired) electrons. The van der Waals surface area contributed by atoms with Crippen LogP contribution in [0.15, 0.2) is 42.5 Å². The summed E-state index contributed by atoms with van der Waals surface area (Å²) < 4.78 is 0. The Morgan fingerprint density at radius 1 is 1.35 bits per heavy atom. The van der Waals surface area contributed by atoms with E-state index in [0.717, 1.165) is 25.7 Å². The first kappa shape index (κ1) is 12.3. The smallest absolute Gasteiger partial charge is 0.0240 e. The fraction of sp³-hybridized carbons (Fsp3) is 0.467. The minimum atomic E-state index is 0.781. The van der Waals surface area contributed by atoms with Crippen LogP contribution in [-0.4, -0.2) is 31.1 Å². The molecule has 1 aliphatic carbocycles. The van der Waals surface area contributed by atoms with Gasteiger partial charge in [-0.2, -0.15) is 0 Å². The number of likely N-dealkylation sites (N-methyl/N-ethyl adjacent to an activating group) is 1. The topological polar surface area (TPSA) is 15.3 Å². The SMILES string of the molecule is C=C(CNC)CN(Cc1ccccc1)C1CC1.